The second kappa shape index (κ2) is 6.40. The van der Waals surface area contributed by atoms with Crippen molar-refractivity contribution in [3.8, 4) is 11.5 Å². The van der Waals surface area contributed by atoms with Gasteiger partial charge in [0.05, 0.1) is 0 Å². The number of hydrogen-bond donors (Lipinski definition) is 0. The number of benzene rings is 1. The zero-order valence-electron chi connectivity index (χ0n) is 14.3. The van der Waals surface area contributed by atoms with Gasteiger partial charge >= 0.3 is 0 Å². The molecule has 0 aliphatic carbocycles. The van der Waals surface area contributed by atoms with E-state index in [1.807, 2.05) is 17.0 Å². The third-order valence-corrected chi connectivity index (χ3v) is 4.58. The molecule has 0 saturated carbocycles. The first-order valence-electron chi connectivity index (χ1n) is 8.42. The van der Waals surface area contributed by atoms with Crippen molar-refractivity contribution in [2.24, 2.45) is 0 Å². The average molecular weight is 318 g/mol. The summed E-state index contributed by atoms with van der Waals surface area (Å²) in [5, 5.41) is 0. The Bertz CT molecular complexity index is 578. The summed E-state index contributed by atoms with van der Waals surface area (Å²) >= 11 is 0. The molecular formula is C18H26N2O3. The van der Waals surface area contributed by atoms with Gasteiger partial charge < -0.3 is 19.3 Å². The lowest BCUT2D eigenvalue weighted by Crippen LogP contribution is -2.49. The van der Waals surface area contributed by atoms with Gasteiger partial charge in [-0.15, -0.1) is 0 Å². The van der Waals surface area contributed by atoms with Crippen LogP contribution in [0, 0.1) is 0 Å². The normalized spacial score (nSPS) is 20.0. The number of amides is 1. The van der Waals surface area contributed by atoms with Gasteiger partial charge in [-0.05, 0) is 26.5 Å². The Labute approximate surface area is 138 Å². The van der Waals surface area contributed by atoms with Crippen LogP contribution in [0.2, 0.25) is 0 Å². The van der Waals surface area contributed by atoms with Gasteiger partial charge in [0, 0.05) is 38.2 Å². The van der Waals surface area contributed by atoms with Crippen molar-refractivity contribution < 1.29 is 14.3 Å². The van der Waals surface area contributed by atoms with Crippen LogP contribution in [-0.4, -0.2) is 60.6 Å². The third kappa shape index (κ3) is 3.61. The summed E-state index contributed by atoms with van der Waals surface area (Å²) in [5.41, 5.74) is 0.943. The molecule has 0 radical (unpaired) electrons. The number of carbonyl (C=O) groups excluding carboxylic acids is 1. The molecular weight excluding hydrogens is 292 g/mol. The summed E-state index contributed by atoms with van der Waals surface area (Å²) in [6.45, 7) is 10.9. The Hall–Kier alpha value is -1.75. The van der Waals surface area contributed by atoms with Crippen LogP contribution in [-0.2, 0) is 11.2 Å². The molecule has 1 amide bonds. The Balaban J connectivity index is 1.58. The van der Waals surface area contributed by atoms with Gasteiger partial charge in [0.15, 0.2) is 18.1 Å². The van der Waals surface area contributed by atoms with Crippen LogP contribution in [0.25, 0.3) is 0 Å². The smallest absolute Gasteiger partial charge is 0.260 e. The number of fused-ring (bicyclic) bond motifs is 1. The van der Waals surface area contributed by atoms with Crippen molar-refractivity contribution in [3.63, 3.8) is 0 Å². The molecule has 126 valence electrons. The lowest BCUT2D eigenvalue weighted by atomic mass is 10.0. The number of piperazine rings is 1. The van der Waals surface area contributed by atoms with E-state index < -0.39 is 0 Å². The fourth-order valence-electron chi connectivity index (χ4n) is 3.25. The van der Waals surface area contributed by atoms with Gasteiger partial charge in [-0.25, -0.2) is 0 Å². The first kappa shape index (κ1) is 16.1. The highest BCUT2D eigenvalue weighted by molar-refractivity contribution is 5.78. The molecule has 2 heterocycles. The van der Waals surface area contributed by atoms with Gasteiger partial charge in [-0.3, -0.25) is 4.79 Å². The summed E-state index contributed by atoms with van der Waals surface area (Å²) in [6.07, 6.45) is 0.868. The van der Waals surface area contributed by atoms with E-state index in [4.69, 9.17) is 9.47 Å². The largest absolute Gasteiger partial charge is 0.483 e. The molecule has 0 N–H and O–H groups in total. The quantitative estimate of drug-likeness (QED) is 0.851. The van der Waals surface area contributed by atoms with E-state index in [1.54, 1.807) is 0 Å². The predicted octanol–water partition coefficient (Wildman–Crippen LogP) is 1.94. The molecule has 1 fully saturated rings. The van der Waals surface area contributed by atoms with Crippen LogP contribution < -0.4 is 9.47 Å². The Morgan fingerprint density at radius 2 is 2.00 bits per heavy atom. The number of likely N-dealkylation sites (N-methyl/N-ethyl adjacent to an activating group) is 1. The molecule has 5 nitrogen and oxygen atoms in total. The molecule has 5 heteroatoms. The van der Waals surface area contributed by atoms with Crippen LogP contribution >= 0.6 is 0 Å². The second-order valence-electron chi connectivity index (χ2n) is 6.89. The van der Waals surface area contributed by atoms with Crippen molar-refractivity contribution in [1.29, 1.82) is 0 Å². The highest BCUT2D eigenvalue weighted by atomic mass is 16.5. The molecule has 0 unspecified atom stereocenters. The number of rotatable bonds is 4. The summed E-state index contributed by atoms with van der Waals surface area (Å²) < 4.78 is 11.8. The van der Waals surface area contributed by atoms with E-state index in [-0.39, 0.29) is 18.1 Å². The number of nitrogens with zero attached hydrogens (tertiary/aromatic N) is 2. The topological polar surface area (TPSA) is 42.0 Å². The van der Waals surface area contributed by atoms with Crippen LogP contribution in [0.3, 0.4) is 0 Å². The minimum Gasteiger partial charge on any atom is -0.483 e. The third-order valence-electron chi connectivity index (χ3n) is 4.58. The Morgan fingerprint density at radius 3 is 2.70 bits per heavy atom. The monoisotopic (exact) mass is 318 g/mol. The van der Waals surface area contributed by atoms with E-state index in [2.05, 4.69) is 31.7 Å². The first-order chi connectivity index (χ1) is 11.0. The second-order valence-corrected chi connectivity index (χ2v) is 6.89. The molecule has 0 atom stereocenters. The highest BCUT2D eigenvalue weighted by Gasteiger charge is 2.32. The average Bonchev–Trinajstić information content (AvgIpc) is 2.87. The van der Waals surface area contributed by atoms with Crippen LogP contribution in [0.5, 0.6) is 11.5 Å². The van der Waals surface area contributed by atoms with Crippen molar-refractivity contribution >= 4 is 5.91 Å². The van der Waals surface area contributed by atoms with E-state index in [0.717, 1.165) is 50.5 Å². The minimum absolute atomic E-state index is 0.0515. The zero-order chi connectivity index (χ0) is 16.4. The fraction of sp³-hybridized carbons (Fsp3) is 0.611. The molecule has 23 heavy (non-hydrogen) atoms. The van der Waals surface area contributed by atoms with Gasteiger partial charge in [0.25, 0.3) is 5.91 Å². The number of hydrogen-bond acceptors (Lipinski definition) is 4. The maximum absolute atomic E-state index is 12.3. The van der Waals surface area contributed by atoms with E-state index in [9.17, 15) is 4.79 Å². The molecule has 1 aromatic rings. The van der Waals surface area contributed by atoms with Crippen molar-refractivity contribution in [1.82, 2.24) is 9.80 Å². The van der Waals surface area contributed by atoms with Crippen LogP contribution in [0.15, 0.2) is 18.2 Å². The molecule has 2 aliphatic heterocycles. The van der Waals surface area contributed by atoms with Gasteiger partial charge in [-0.2, -0.15) is 0 Å². The Morgan fingerprint density at radius 1 is 1.26 bits per heavy atom. The molecule has 0 spiro atoms. The molecule has 1 saturated heterocycles. The van der Waals surface area contributed by atoms with Crippen molar-refractivity contribution in [2.45, 2.75) is 32.8 Å². The summed E-state index contributed by atoms with van der Waals surface area (Å²) in [6, 6.07) is 5.90. The predicted molar refractivity (Wildman–Crippen MR) is 89.0 cm³/mol. The lowest BCUT2D eigenvalue weighted by Gasteiger charge is -2.34. The van der Waals surface area contributed by atoms with E-state index in [1.165, 1.54) is 0 Å². The Kier molecular flexibility index (Phi) is 4.48. The summed E-state index contributed by atoms with van der Waals surface area (Å²) in [5.74, 6) is 1.52. The molecule has 3 rings (SSSR count). The molecule has 1 aromatic carbocycles. The summed E-state index contributed by atoms with van der Waals surface area (Å²) in [4.78, 5) is 16.6. The standard InChI is InChI=1S/C18H26N2O3/c1-4-19-8-10-20(11-9-19)16(21)13-22-15-7-5-6-14-12-18(2,3)23-17(14)15/h5-7H,4,8-13H2,1-3H3. The van der Waals surface area contributed by atoms with E-state index in [0.29, 0.717) is 5.75 Å². The molecule has 0 aromatic heterocycles. The van der Waals surface area contributed by atoms with E-state index >= 15 is 0 Å². The maximum Gasteiger partial charge on any atom is 0.260 e. The van der Waals surface area contributed by atoms with Crippen LogP contribution in [0.1, 0.15) is 26.3 Å². The van der Waals surface area contributed by atoms with Gasteiger partial charge in [0.2, 0.25) is 0 Å². The number of para-hydroxylation sites is 1. The SMILES string of the molecule is CCN1CCN(C(=O)COc2cccc3c2OC(C)(C)C3)CC1. The minimum atomic E-state index is -0.206. The van der Waals surface area contributed by atoms with Gasteiger partial charge in [0.1, 0.15) is 5.60 Å². The molecule has 2 aliphatic rings. The number of carbonyl (C=O) groups is 1. The van der Waals surface area contributed by atoms with Crippen molar-refractivity contribution in [3.05, 3.63) is 23.8 Å². The molecule has 0 bridgehead atoms. The maximum atomic E-state index is 12.3. The lowest BCUT2D eigenvalue weighted by molar-refractivity contribution is -0.135. The van der Waals surface area contributed by atoms with Gasteiger partial charge in [-0.1, -0.05) is 19.1 Å². The first-order valence-corrected chi connectivity index (χ1v) is 8.42. The highest BCUT2D eigenvalue weighted by Crippen LogP contribution is 2.41. The van der Waals surface area contributed by atoms with Crippen LogP contribution in [0.4, 0.5) is 0 Å². The van der Waals surface area contributed by atoms with Crippen molar-refractivity contribution in [2.75, 3.05) is 39.3 Å². The zero-order valence-corrected chi connectivity index (χ0v) is 14.3. The number of ether oxygens (including phenoxy) is 2. The summed E-state index contributed by atoms with van der Waals surface area (Å²) in [7, 11) is 0. The fourth-order valence-corrected chi connectivity index (χ4v) is 3.25.